The third-order valence-electron chi connectivity index (χ3n) is 2.13. The molecule has 1 nitrogen and oxygen atoms in total. The highest BCUT2D eigenvalue weighted by Crippen LogP contribution is 2.36. The van der Waals surface area contributed by atoms with Crippen molar-refractivity contribution in [3.63, 3.8) is 0 Å². The van der Waals surface area contributed by atoms with Gasteiger partial charge in [0.25, 0.3) is 0 Å². The summed E-state index contributed by atoms with van der Waals surface area (Å²) in [6, 6.07) is 4.64. The lowest BCUT2D eigenvalue weighted by molar-refractivity contribution is 0.712. The van der Waals surface area contributed by atoms with Crippen LogP contribution in [0.3, 0.4) is 0 Å². The SMILES string of the molecule is Cc1ccc(C(SCC(C)C)C(C)N)s1. The average Bonchev–Trinajstić information content (AvgIpc) is 2.51. The molecule has 0 radical (unpaired) electrons. The summed E-state index contributed by atoms with van der Waals surface area (Å²) in [4.78, 5) is 2.80. The van der Waals surface area contributed by atoms with E-state index in [1.165, 1.54) is 15.5 Å². The van der Waals surface area contributed by atoms with Crippen molar-refractivity contribution in [2.75, 3.05) is 5.75 Å². The van der Waals surface area contributed by atoms with Gasteiger partial charge in [0.15, 0.2) is 0 Å². The minimum Gasteiger partial charge on any atom is -0.327 e. The molecule has 1 aromatic rings. The van der Waals surface area contributed by atoms with Crippen molar-refractivity contribution >= 4 is 23.1 Å². The lowest BCUT2D eigenvalue weighted by Gasteiger charge is -2.20. The maximum Gasteiger partial charge on any atom is 0.0539 e. The summed E-state index contributed by atoms with van der Waals surface area (Å²) >= 11 is 3.86. The number of thiophene rings is 1. The van der Waals surface area contributed by atoms with Gasteiger partial charge in [-0.15, -0.1) is 11.3 Å². The second-order valence-electron chi connectivity index (χ2n) is 4.46. The summed E-state index contributed by atoms with van der Waals surface area (Å²) in [6.45, 7) is 8.77. The van der Waals surface area contributed by atoms with E-state index < -0.39 is 0 Å². The summed E-state index contributed by atoms with van der Waals surface area (Å²) in [6.07, 6.45) is 0. The molecule has 86 valence electrons. The fourth-order valence-corrected chi connectivity index (χ4v) is 3.86. The largest absolute Gasteiger partial charge is 0.327 e. The zero-order valence-corrected chi connectivity index (χ0v) is 11.6. The minimum atomic E-state index is 0.229. The molecule has 0 aliphatic carbocycles. The van der Waals surface area contributed by atoms with Crippen LogP contribution in [0.15, 0.2) is 12.1 Å². The molecule has 1 aromatic heterocycles. The first-order valence-electron chi connectivity index (χ1n) is 5.44. The topological polar surface area (TPSA) is 26.0 Å². The molecular formula is C12H21NS2. The Morgan fingerprint density at radius 1 is 1.33 bits per heavy atom. The maximum absolute atomic E-state index is 6.05. The van der Waals surface area contributed by atoms with Gasteiger partial charge in [0.2, 0.25) is 0 Å². The highest BCUT2D eigenvalue weighted by atomic mass is 32.2. The van der Waals surface area contributed by atoms with E-state index in [1.54, 1.807) is 0 Å². The Labute approximate surface area is 101 Å². The molecule has 0 saturated carbocycles. The van der Waals surface area contributed by atoms with Crippen LogP contribution in [0.2, 0.25) is 0 Å². The molecule has 1 rings (SSSR count). The Hall–Kier alpha value is 0.01000. The van der Waals surface area contributed by atoms with E-state index in [4.69, 9.17) is 5.73 Å². The molecule has 3 heteroatoms. The van der Waals surface area contributed by atoms with Crippen molar-refractivity contribution in [1.82, 2.24) is 0 Å². The standard InChI is InChI=1S/C12H21NS2/c1-8(2)7-14-12(10(4)13)11-6-5-9(3)15-11/h5-6,8,10,12H,7,13H2,1-4H3. The van der Waals surface area contributed by atoms with Crippen LogP contribution in [0.4, 0.5) is 0 Å². The molecule has 0 amide bonds. The summed E-state index contributed by atoms with van der Waals surface area (Å²) in [5.74, 6) is 1.92. The molecule has 0 aliphatic rings. The number of nitrogens with two attached hydrogens (primary N) is 1. The van der Waals surface area contributed by atoms with Crippen molar-refractivity contribution in [3.05, 3.63) is 21.9 Å². The van der Waals surface area contributed by atoms with Crippen LogP contribution >= 0.6 is 23.1 Å². The molecule has 0 spiro atoms. The van der Waals surface area contributed by atoms with Gasteiger partial charge >= 0.3 is 0 Å². The molecule has 15 heavy (non-hydrogen) atoms. The van der Waals surface area contributed by atoms with Gasteiger partial charge < -0.3 is 5.73 Å². The second kappa shape index (κ2) is 5.92. The predicted octanol–water partition coefficient (Wildman–Crippen LogP) is 3.83. The molecule has 1 heterocycles. The Balaban J connectivity index is 2.66. The van der Waals surface area contributed by atoms with Crippen molar-refractivity contribution < 1.29 is 0 Å². The van der Waals surface area contributed by atoms with Crippen LogP contribution in [0.1, 0.15) is 35.8 Å². The van der Waals surface area contributed by atoms with E-state index in [0.29, 0.717) is 5.25 Å². The van der Waals surface area contributed by atoms with Crippen molar-refractivity contribution in [1.29, 1.82) is 0 Å². The third kappa shape index (κ3) is 4.17. The molecule has 0 saturated heterocycles. The first-order valence-corrected chi connectivity index (χ1v) is 7.30. The Morgan fingerprint density at radius 3 is 2.40 bits per heavy atom. The van der Waals surface area contributed by atoms with E-state index in [9.17, 15) is 0 Å². The first kappa shape index (κ1) is 13.1. The molecule has 2 atom stereocenters. The lowest BCUT2D eigenvalue weighted by atomic mass is 10.2. The molecule has 2 N–H and O–H groups in total. The quantitative estimate of drug-likeness (QED) is 0.850. The monoisotopic (exact) mass is 243 g/mol. The third-order valence-corrected chi connectivity index (χ3v) is 5.26. The number of hydrogen-bond donors (Lipinski definition) is 1. The molecule has 0 fully saturated rings. The van der Waals surface area contributed by atoms with Gasteiger partial charge in [-0.05, 0) is 37.7 Å². The molecule has 0 aliphatic heterocycles. The zero-order valence-electron chi connectivity index (χ0n) is 9.99. The van der Waals surface area contributed by atoms with E-state index in [-0.39, 0.29) is 6.04 Å². The number of aryl methyl sites for hydroxylation is 1. The molecule has 0 bridgehead atoms. The Bertz CT molecular complexity index is 292. The normalized spacial score (nSPS) is 15.6. The van der Waals surface area contributed by atoms with Gasteiger partial charge in [-0.1, -0.05) is 13.8 Å². The molecule has 0 aromatic carbocycles. The van der Waals surface area contributed by atoms with Crippen molar-refractivity contribution in [2.45, 2.75) is 39.0 Å². The number of hydrogen-bond acceptors (Lipinski definition) is 3. The van der Waals surface area contributed by atoms with E-state index in [0.717, 1.165) is 5.92 Å². The van der Waals surface area contributed by atoms with Gasteiger partial charge in [0, 0.05) is 15.8 Å². The number of rotatable bonds is 5. The highest BCUT2D eigenvalue weighted by molar-refractivity contribution is 7.99. The number of thioether (sulfide) groups is 1. The van der Waals surface area contributed by atoms with Crippen molar-refractivity contribution in [3.8, 4) is 0 Å². The smallest absolute Gasteiger partial charge is 0.0539 e. The summed E-state index contributed by atoms with van der Waals surface area (Å²) in [5.41, 5.74) is 6.05. The minimum absolute atomic E-state index is 0.229. The lowest BCUT2D eigenvalue weighted by Crippen LogP contribution is -2.22. The van der Waals surface area contributed by atoms with Gasteiger partial charge in [-0.25, -0.2) is 0 Å². The van der Waals surface area contributed by atoms with Crippen molar-refractivity contribution in [2.24, 2.45) is 11.7 Å². The Kier molecular flexibility index (Phi) is 5.16. The second-order valence-corrected chi connectivity index (χ2v) is 6.95. The summed E-state index contributed by atoms with van der Waals surface area (Å²) in [5, 5.41) is 0.464. The molecule has 2 unspecified atom stereocenters. The van der Waals surface area contributed by atoms with Gasteiger partial charge in [-0.2, -0.15) is 11.8 Å². The summed E-state index contributed by atoms with van der Waals surface area (Å²) in [7, 11) is 0. The van der Waals surface area contributed by atoms with Gasteiger partial charge in [-0.3, -0.25) is 0 Å². The van der Waals surface area contributed by atoms with Crippen LogP contribution < -0.4 is 5.73 Å². The predicted molar refractivity (Wildman–Crippen MR) is 72.7 cm³/mol. The fraction of sp³-hybridized carbons (Fsp3) is 0.667. The molecular weight excluding hydrogens is 222 g/mol. The van der Waals surface area contributed by atoms with Crippen LogP contribution in [0.25, 0.3) is 0 Å². The van der Waals surface area contributed by atoms with Gasteiger partial charge in [0.1, 0.15) is 0 Å². The van der Waals surface area contributed by atoms with Crippen LogP contribution in [-0.2, 0) is 0 Å². The average molecular weight is 243 g/mol. The Morgan fingerprint density at radius 2 is 2.00 bits per heavy atom. The first-order chi connectivity index (χ1) is 7.00. The zero-order chi connectivity index (χ0) is 11.4. The van der Waals surface area contributed by atoms with Crippen LogP contribution in [-0.4, -0.2) is 11.8 Å². The van der Waals surface area contributed by atoms with E-state index >= 15 is 0 Å². The van der Waals surface area contributed by atoms with Crippen LogP contribution in [0.5, 0.6) is 0 Å². The van der Waals surface area contributed by atoms with Gasteiger partial charge in [0.05, 0.1) is 5.25 Å². The highest BCUT2D eigenvalue weighted by Gasteiger charge is 2.18. The van der Waals surface area contributed by atoms with Crippen LogP contribution in [0, 0.1) is 12.8 Å². The maximum atomic E-state index is 6.05. The fourth-order valence-electron chi connectivity index (χ4n) is 1.40. The van der Waals surface area contributed by atoms with E-state index in [1.807, 2.05) is 23.1 Å². The van der Waals surface area contributed by atoms with E-state index in [2.05, 4.69) is 39.8 Å². The summed E-state index contributed by atoms with van der Waals surface area (Å²) < 4.78 is 0.